The summed E-state index contributed by atoms with van der Waals surface area (Å²) < 4.78 is 27.3. The smallest absolute Gasteiger partial charge is 0.329 e. The molecule has 2 amide bonds. The third-order valence-electron chi connectivity index (χ3n) is 7.16. The number of aromatic nitrogens is 1. The minimum atomic E-state index is -1.65. The molecule has 2 unspecified atom stereocenters. The van der Waals surface area contributed by atoms with Gasteiger partial charge in [0.1, 0.15) is 23.2 Å². The van der Waals surface area contributed by atoms with Gasteiger partial charge in [0.05, 0.1) is 17.0 Å². The highest BCUT2D eigenvalue weighted by molar-refractivity contribution is 6.35. The standard InChI is InChI=1S/C27H28ClF2N3O4/c1-3-14(2)23(32-22(34)10-15-4-6-16(29)7-5-15)25(35)33-27(26(36)37)9-8-21-19(13-27)18-11-17(30)12-20(28)24(18)31-21/h4-7,11-12,14,23,31H,3,8-10,13H2,1-2H3,(H,32,34)(H,33,35)(H,36,37)/t14?,23?,27-/m1/s1. The maximum Gasteiger partial charge on any atom is 0.329 e. The molecule has 1 aromatic heterocycles. The first kappa shape index (κ1) is 26.6. The van der Waals surface area contributed by atoms with Gasteiger partial charge in [-0.1, -0.05) is 44.0 Å². The Bertz CT molecular complexity index is 1360. The molecule has 0 aliphatic heterocycles. The number of halogens is 3. The van der Waals surface area contributed by atoms with Crippen LogP contribution in [0.25, 0.3) is 10.9 Å². The van der Waals surface area contributed by atoms with Gasteiger partial charge in [-0.15, -0.1) is 0 Å². The van der Waals surface area contributed by atoms with Crippen molar-refractivity contribution >= 4 is 40.3 Å². The highest BCUT2D eigenvalue weighted by Gasteiger charge is 2.45. The van der Waals surface area contributed by atoms with E-state index in [4.69, 9.17) is 11.6 Å². The Morgan fingerprint density at radius 1 is 1.16 bits per heavy atom. The van der Waals surface area contributed by atoms with Gasteiger partial charge in [-0.05, 0) is 54.2 Å². The number of aliphatic carboxylic acids is 1. The molecule has 3 aromatic rings. The summed E-state index contributed by atoms with van der Waals surface area (Å²) in [6.07, 6.45) is 0.832. The molecule has 0 saturated heterocycles. The summed E-state index contributed by atoms with van der Waals surface area (Å²) in [7, 11) is 0. The van der Waals surface area contributed by atoms with Crippen molar-refractivity contribution in [1.29, 1.82) is 0 Å². The molecule has 4 N–H and O–H groups in total. The number of nitrogens with one attached hydrogen (secondary N) is 3. The Labute approximate surface area is 217 Å². The number of H-pyrrole nitrogens is 1. The van der Waals surface area contributed by atoms with Gasteiger partial charge in [0, 0.05) is 17.5 Å². The SMILES string of the molecule is CCC(C)C(NC(=O)Cc1ccc(F)cc1)C(=O)N[C@]1(C(=O)O)CCc2[nH]c3c(Cl)cc(F)cc3c2C1. The maximum absolute atomic E-state index is 14.1. The molecule has 0 fully saturated rings. The van der Waals surface area contributed by atoms with Crippen LogP contribution in [0.4, 0.5) is 8.78 Å². The number of hydrogen-bond acceptors (Lipinski definition) is 3. The Kier molecular flexibility index (Phi) is 7.54. The van der Waals surface area contributed by atoms with Crippen molar-refractivity contribution in [2.45, 2.75) is 57.5 Å². The summed E-state index contributed by atoms with van der Waals surface area (Å²) in [5.74, 6) is -3.53. The average molecular weight is 532 g/mol. The van der Waals surface area contributed by atoms with Gasteiger partial charge >= 0.3 is 5.97 Å². The van der Waals surface area contributed by atoms with E-state index < -0.39 is 41.0 Å². The summed E-state index contributed by atoms with van der Waals surface area (Å²) in [6, 6.07) is 6.98. The molecule has 0 bridgehead atoms. The zero-order chi connectivity index (χ0) is 26.9. The minimum absolute atomic E-state index is 0.0599. The molecular weight excluding hydrogens is 504 g/mol. The molecule has 4 rings (SSSR count). The molecule has 7 nitrogen and oxygen atoms in total. The van der Waals surface area contributed by atoms with E-state index in [0.717, 1.165) is 5.69 Å². The van der Waals surface area contributed by atoms with Crippen LogP contribution in [-0.4, -0.2) is 39.5 Å². The van der Waals surface area contributed by atoms with E-state index in [1.165, 1.54) is 36.4 Å². The quantitative estimate of drug-likeness (QED) is 0.347. The summed E-state index contributed by atoms with van der Waals surface area (Å²) in [5, 5.41) is 16.3. The number of amides is 2. The van der Waals surface area contributed by atoms with Crippen LogP contribution in [-0.2, 0) is 33.6 Å². The van der Waals surface area contributed by atoms with Crippen LogP contribution in [0.1, 0.15) is 43.5 Å². The van der Waals surface area contributed by atoms with Gasteiger partial charge in [0.2, 0.25) is 11.8 Å². The number of carbonyl (C=O) groups is 3. The first-order valence-electron chi connectivity index (χ1n) is 12.1. The lowest BCUT2D eigenvalue weighted by molar-refractivity contribution is -0.149. The van der Waals surface area contributed by atoms with E-state index in [1.54, 1.807) is 6.92 Å². The van der Waals surface area contributed by atoms with Crippen LogP contribution >= 0.6 is 11.6 Å². The van der Waals surface area contributed by atoms with Gasteiger partial charge in [-0.2, -0.15) is 0 Å². The van der Waals surface area contributed by atoms with Crippen LogP contribution in [0, 0.1) is 17.6 Å². The number of fused-ring (bicyclic) bond motifs is 3. The molecule has 0 saturated carbocycles. The monoisotopic (exact) mass is 531 g/mol. The summed E-state index contributed by atoms with van der Waals surface area (Å²) >= 11 is 6.19. The van der Waals surface area contributed by atoms with Gasteiger partial charge in [-0.3, -0.25) is 9.59 Å². The number of carboxylic acids is 1. The Morgan fingerprint density at radius 3 is 2.51 bits per heavy atom. The lowest BCUT2D eigenvalue weighted by Gasteiger charge is -2.36. The fraction of sp³-hybridized carbons (Fsp3) is 0.370. The number of carboxylic acid groups (broad SMARTS) is 1. The molecule has 1 heterocycles. The van der Waals surface area contributed by atoms with E-state index in [-0.39, 0.29) is 30.2 Å². The second kappa shape index (κ2) is 10.5. The van der Waals surface area contributed by atoms with Crippen molar-refractivity contribution in [1.82, 2.24) is 15.6 Å². The van der Waals surface area contributed by atoms with E-state index in [0.29, 0.717) is 34.9 Å². The van der Waals surface area contributed by atoms with Gasteiger partial charge in [0.25, 0.3) is 0 Å². The van der Waals surface area contributed by atoms with Crippen molar-refractivity contribution < 1.29 is 28.3 Å². The molecule has 1 aliphatic carbocycles. The molecule has 196 valence electrons. The second-order valence-corrected chi connectivity index (χ2v) is 10.1. The van der Waals surface area contributed by atoms with Crippen molar-refractivity contribution in [2.75, 3.05) is 0 Å². The van der Waals surface area contributed by atoms with Crippen molar-refractivity contribution in [3.05, 3.63) is 69.9 Å². The van der Waals surface area contributed by atoms with Crippen molar-refractivity contribution in [3.8, 4) is 0 Å². The fourth-order valence-corrected chi connectivity index (χ4v) is 5.10. The molecule has 37 heavy (non-hydrogen) atoms. The topological polar surface area (TPSA) is 111 Å². The Morgan fingerprint density at radius 2 is 1.86 bits per heavy atom. The molecular formula is C27H28ClF2N3O4. The average Bonchev–Trinajstić information content (AvgIpc) is 3.21. The largest absolute Gasteiger partial charge is 0.479 e. The highest BCUT2D eigenvalue weighted by Crippen LogP contribution is 2.37. The van der Waals surface area contributed by atoms with Crippen molar-refractivity contribution in [2.24, 2.45) is 5.92 Å². The Balaban J connectivity index is 1.57. The number of carbonyl (C=O) groups excluding carboxylic acids is 2. The number of aromatic amines is 1. The van der Waals surface area contributed by atoms with Crippen LogP contribution < -0.4 is 10.6 Å². The summed E-state index contributed by atoms with van der Waals surface area (Å²) in [4.78, 5) is 41.9. The van der Waals surface area contributed by atoms with E-state index in [1.807, 2.05) is 6.92 Å². The lowest BCUT2D eigenvalue weighted by atomic mass is 9.79. The Hall–Kier alpha value is -3.46. The van der Waals surface area contributed by atoms with Gasteiger partial charge in [-0.25, -0.2) is 13.6 Å². The summed E-state index contributed by atoms with van der Waals surface area (Å²) in [6.45, 7) is 3.65. The number of benzene rings is 2. The molecule has 2 aromatic carbocycles. The summed E-state index contributed by atoms with van der Waals surface area (Å²) in [5.41, 5.74) is 0.789. The minimum Gasteiger partial charge on any atom is -0.479 e. The second-order valence-electron chi connectivity index (χ2n) is 9.68. The van der Waals surface area contributed by atoms with Gasteiger partial charge in [0.15, 0.2) is 0 Å². The number of aryl methyl sites for hydroxylation is 1. The van der Waals surface area contributed by atoms with Crippen LogP contribution in [0.5, 0.6) is 0 Å². The van der Waals surface area contributed by atoms with Crippen LogP contribution in [0.15, 0.2) is 36.4 Å². The van der Waals surface area contributed by atoms with E-state index in [2.05, 4.69) is 15.6 Å². The number of rotatable bonds is 8. The predicted octanol–water partition coefficient (Wildman–Crippen LogP) is 4.30. The number of hydrogen-bond donors (Lipinski definition) is 4. The third kappa shape index (κ3) is 5.46. The molecule has 3 atom stereocenters. The van der Waals surface area contributed by atoms with Crippen LogP contribution in [0.3, 0.4) is 0 Å². The first-order chi connectivity index (χ1) is 17.5. The molecule has 1 aliphatic rings. The molecule has 0 spiro atoms. The van der Waals surface area contributed by atoms with Gasteiger partial charge < -0.3 is 20.7 Å². The first-order valence-corrected chi connectivity index (χ1v) is 12.5. The molecule has 10 heteroatoms. The normalized spacial score (nSPS) is 18.6. The predicted molar refractivity (Wildman–Crippen MR) is 135 cm³/mol. The fourth-order valence-electron chi connectivity index (χ4n) is 4.84. The highest BCUT2D eigenvalue weighted by atomic mass is 35.5. The van der Waals surface area contributed by atoms with Crippen LogP contribution in [0.2, 0.25) is 5.02 Å². The zero-order valence-corrected chi connectivity index (χ0v) is 21.2. The zero-order valence-electron chi connectivity index (χ0n) is 20.5. The van der Waals surface area contributed by atoms with Crippen molar-refractivity contribution in [3.63, 3.8) is 0 Å². The third-order valence-corrected chi connectivity index (χ3v) is 7.46. The lowest BCUT2D eigenvalue weighted by Crippen LogP contribution is -2.62. The molecule has 0 radical (unpaired) electrons. The van der Waals surface area contributed by atoms with E-state index >= 15 is 0 Å². The maximum atomic E-state index is 14.1. The van der Waals surface area contributed by atoms with E-state index in [9.17, 15) is 28.3 Å².